The molecule has 0 radical (unpaired) electrons. The highest BCUT2D eigenvalue weighted by atomic mass is 19.1. The van der Waals surface area contributed by atoms with Gasteiger partial charge in [0.15, 0.2) is 0 Å². The number of benzene rings is 1. The third-order valence-corrected chi connectivity index (χ3v) is 6.51. The van der Waals surface area contributed by atoms with E-state index < -0.39 is 0 Å². The number of halogens is 1. The molecule has 0 bridgehead atoms. The molecule has 3 unspecified atom stereocenters. The van der Waals surface area contributed by atoms with Crippen molar-refractivity contribution >= 4 is 16.9 Å². The largest absolute Gasteiger partial charge is 0.469 e. The third kappa shape index (κ3) is 2.92. The SMILES string of the molecule is COC(=O)[C@H](C)C1CC2CC(c3ccnc4ccc(F)cc34)C[C@@H]2C1. The third-order valence-electron chi connectivity index (χ3n) is 6.51. The van der Waals surface area contributed by atoms with E-state index in [0.29, 0.717) is 23.7 Å². The average molecular weight is 341 g/mol. The standard InChI is InChI=1S/C21H24FNO2/c1-12(21(24)25-2)13-7-14-9-16(10-15(14)8-13)18-5-6-23-20-4-3-17(22)11-19(18)20/h3-6,11-16H,7-10H2,1-2H3/t12-,13?,14+,15?,16?/m1/s1. The molecule has 2 saturated carbocycles. The number of fused-ring (bicyclic) bond motifs is 2. The van der Waals surface area contributed by atoms with Crippen LogP contribution in [-0.4, -0.2) is 18.1 Å². The number of carbonyl (C=O) groups excluding carboxylic acids is 1. The van der Waals surface area contributed by atoms with Crippen LogP contribution in [0.2, 0.25) is 0 Å². The molecule has 1 aromatic heterocycles. The second-order valence-electron chi connectivity index (χ2n) is 7.79. The highest BCUT2D eigenvalue weighted by Gasteiger charge is 2.44. The lowest BCUT2D eigenvalue weighted by Crippen LogP contribution is -2.21. The first-order chi connectivity index (χ1) is 12.1. The van der Waals surface area contributed by atoms with Crippen molar-refractivity contribution in [1.82, 2.24) is 4.98 Å². The Hall–Kier alpha value is -1.97. The number of ether oxygens (including phenoxy) is 1. The van der Waals surface area contributed by atoms with Crippen LogP contribution in [0.25, 0.3) is 10.9 Å². The van der Waals surface area contributed by atoms with E-state index in [0.717, 1.165) is 36.6 Å². The van der Waals surface area contributed by atoms with Crippen LogP contribution in [-0.2, 0) is 9.53 Å². The number of rotatable bonds is 3. The first-order valence-electron chi connectivity index (χ1n) is 9.18. The van der Waals surface area contributed by atoms with Crippen molar-refractivity contribution in [3.63, 3.8) is 0 Å². The molecule has 0 N–H and O–H groups in total. The summed E-state index contributed by atoms with van der Waals surface area (Å²) in [5, 5.41) is 0.951. The minimum atomic E-state index is -0.202. The van der Waals surface area contributed by atoms with E-state index in [4.69, 9.17) is 4.74 Å². The van der Waals surface area contributed by atoms with Gasteiger partial charge in [-0.25, -0.2) is 4.39 Å². The quantitative estimate of drug-likeness (QED) is 0.760. The van der Waals surface area contributed by atoms with E-state index >= 15 is 0 Å². The van der Waals surface area contributed by atoms with Crippen LogP contribution in [0.1, 0.15) is 44.1 Å². The molecule has 4 rings (SSSR count). The molecule has 25 heavy (non-hydrogen) atoms. The van der Waals surface area contributed by atoms with Gasteiger partial charge in [0, 0.05) is 11.6 Å². The zero-order valence-electron chi connectivity index (χ0n) is 14.7. The molecule has 2 fully saturated rings. The van der Waals surface area contributed by atoms with Gasteiger partial charge in [-0.15, -0.1) is 0 Å². The van der Waals surface area contributed by atoms with Crippen molar-refractivity contribution in [3.05, 3.63) is 41.8 Å². The number of hydrogen-bond acceptors (Lipinski definition) is 3. The molecule has 0 amide bonds. The zero-order chi connectivity index (χ0) is 17.6. The maximum Gasteiger partial charge on any atom is 0.308 e. The first kappa shape index (κ1) is 16.5. The Bertz CT molecular complexity index is 792. The molecule has 132 valence electrons. The minimum absolute atomic E-state index is 0.00935. The van der Waals surface area contributed by atoms with Gasteiger partial charge in [-0.05, 0) is 79.2 Å². The number of nitrogens with zero attached hydrogens (tertiary/aromatic N) is 1. The van der Waals surface area contributed by atoms with Gasteiger partial charge < -0.3 is 4.74 Å². The molecule has 2 aliphatic rings. The monoisotopic (exact) mass is 341 g/mol. The van der Waals surface area contributed by atoms with Gasteiger partial charge in [0.05, 0.1) is 18.5 Å². The minimum Gasteiger partial charge on any atom is -0.469 e. The maximum atomic E-state index is 13.7. The van der Waals surface area contributed by atoms with Gasteiger partial charge in [-0.2, -0.15) is 0 Å². The summed E-state index contributed by atoms with van der Waals surface area (Å²) in [5.41, 5.74) is 2.10. The predicted molar refractivity (Wildman–Crippen MR) is 94.6 cm³/mol. The van der Waals surface area contributed by atoms with E-state index in [1.165, 1.54) is 18.7 Å². The van der Waals surface area contributed by atoms with E-state index in [-0.39, 0.29) is 17.7 Å². The van der Waals surface area contributed by atoms with E-state index in [1.54, 1.807) is 12.1 Å². The van der Waals surface area contributed by atoms with Gasteiger partial charge in [0.1, 0.15) is 5.82 Å². The van der Waals surface area contributed by atoms with Crippen LogP contribution >= 0.6 is 0 Å². The van der Waals surface area contributed by atoms with Crippen molar-refractivity contribution < 1.29 is 13.9 Å². The van der Waals surface area contributed by atoms with Crippen LogP contribution in [0.5, 0.6) is 0 Å². The van der Waals surface area contributed by atoms with Crippen LogP contribution in [0, 0.1) is 29.5 Å². The van der Waals surface area contributed by atoms with E-state index in [9.17, 15) is 9.18 Å². The Balaban J connectivity index is 1.52. The van der Waals surface area contributed by atoms with Crippen molar-refractivity contribution in [1.29, 1.82) is 0 Å². The second-order valence-corrected chi connectivity index (χ2v) is 7.79. The summed E-state index contributed by atoms with van der Waals surface area (Å²) >= 11 is 0. The Morgan fingerprint density at radius 2 is 1.92 bits per heavy atom. The number of esters is 1. The van der Waals surface area contributed by atoms with Crippen LogP contribution in [0.15, 0.2) is 30.5 Å². The zero-order valence-corrected chi connectivity index (χ0v) is 14.7. The predicted octanol–water partition coefficient (Wildman–Crippen LogP) is 4.70. The number of pyridine rings is 1. The number of aromatic nitrogens is 1. The molecule has 0 spiro atoms. The molecule has 5 atom stereocenters. The highest BCUT2D eigenvalue weighted by molar-refractivity contribution is 5.82. The van der Waals surface area contributed by atoms with E-state index in [2.05, 4.69) is 11.1 Å². The summed E-state index contributed by atoms with van der Waals surface area (Å²) in [7, 11) is 1.47. The van der Waals surface area contributed by atoms with Gasteiger partial charge in [-0.1, -0.05) is 6.92 Å². The molecule has 1 heterocycles. The van der Waals surface area contributed by atoms with Crippen LogP contribution in [0.3, 0.4) is 0 Å². The second kappa shape index (κ2) is 6.40. The van der Waals surface area contributed by atoms with Crippen LogP contribution < -0.4 is 0 Å². The molecular weight excluding hydrogens is 317 g/mol. The summed E-state index contributed by atoms with van der Waals surface area (Å²) in [4.78, 5) is 16.2. The Morgan fingerprint density at radius 1 is 1.20 bits per heavy atom. The molecular formula is C21H24FNO2. The van der Waals surface area contributed by atoms with Gasteiger partial charge in [-0.3, -0.25) is 9.78 Å². The summed E-state index contributed by atoms with van der Waals surface area (Å²) < 4.78 is 18.6. The van der Waals surface area contributed by atoms with Crippen molar-refractivity contribution in [3.8, 4) is 0 Å². The molecule has 3 nitrogen and oxygen atoms in total. The van der Waals surface area contributed by atoms with E-state index in [1.807, 2.05) is 13.1 Å². The first-order valence-corrected chi connectivity index (χ1v) is 9.18. The Kier molecular flexibility index (Phi) is 4.22. The van der Waals surface area contributed by atoms with Gasteiger partial charge in [0.2, 0.25) is 0 Å². The lowest BCUT2D eigenvalue weighted by molar-refractivity contribution is -0.146. The molecule has 2 aliphatic carbocycles. The number of carbonyl (C=O) groups is 1. The highest BCUT2D eigenvalue weighted by Crippen LogP contribution is 2.54. The molecule has 0 saturated heterocycles. The molecule has 4 heteroatoms. The fraction of sp³-hybridized carbons (Fsp3) is 0.524. The van der Waals surface area contributed by atoms with Crippen molar-refractivity contribution in [2.45, 2.75) is 38.5 Å². The molecule has 2 aromatic rings. The summed E-state index contributed by atoms with van der Waals surface area (Å²) in [6.45, 7) is 1.99. The normalized spacial score (nSPS) is 29.6. The lowest BCUT2D eigenvalue weighted by atomic mass is 9.86. The number of hydrogen-bond donors (Lipinski definition) is 0. The summed E-state index contributed by atoms with van der Waals surface area (Å²) in [6, 6.07) is 6.91. The van der Waals surface area contributed by atoms with Gasteiger partial charge >= 0.3 is 5.97 Å². The Labute approximate surface area is 147 Å². The topological polar surface area (TPSA) is 39.2 Å². The van der Waals surface area contributed by atoms with Gasteiger partial charge in [0.25, 0.3) is 0 Å². The fourth-order valence-corrected chi connectivity index (χ4v) is 5.20. The van der Waals surface area contributed by atoms with Crippen molar-refractivity contribution in [2.75, 3.05) is 7.11 Å². The Morgan fingerprint density at radius 3 is 2.60 bits per heavy atom. The smallest absolute Gasteiger partial charge is 0.308 e. The average Bonchev–Trinajstić information content (AvgIpc) is 3.18. The molecule has 0 aliphatic heterocycles. The summed E-state index contributed by atoms with van der Waals surface area (Å²) in [5.74, 6) is 1.94. The summed E-state index contributed by atoms with van der Waals surface area (Å²) in [6.07, 6.45) is 6.31. The number of methoxy groups -OCH3 is 1. The van der Waals surface area contributed by atoms with Crippen molar-refractivity contribution in [2.24, 2.45) is 23.7 Å². The van der Waals surface area contributed by atoms with Crippen LogP contribution in [0.4, 0.5) is 4.39 Å². The fourth-order valence-electron chi connectivity index (χ4n) is 5.20. The maximum absolute atomic E-state index is 13.7. The molecule has 1 aromatic carbocycles. The lowest BCUT2D eigenvalue weighted by Gasteiger charge is -2.20.